The van der Waals surface area contributed by atoms with Gasteiger partial charge < -0.3 is 10.6 Å². The number of fused-ring (bicyclic) bond motifs is 1. The third-order valence-electron chi connectivity index (χ3n) is 7.20. The zero-order valence-corrected chi connectivity index (χ0v) is 22.7. The number of nitrogens with zero attached hydrogens (tertiary/aromatic N) is 6. The average molecular weight is 513 g/mol. The number of amides is 1. The van der Waals surface area contributed by atoms with Gasteiger partial charge >= 0.3 is 0 Å². The van der Waals surface area contributed by atoms with Gasteiger partial charge in [-0.05, 0) is 94.1 Å². The van der Waals surface area contributed by atoms with Crippen molar-refractivity contribution in [1.29, 1.82) is 0 Å². The second-order valence-electron chi connectivity index (χ2n) is 10.2. The van der Waals surface area contributed by atoms with Crippen molar-refractivity contribution in [3.05, 3.63) is 70.8 Å². The van der Waals surface area contributed by atoms with Crippen LogP contribution in [0.1, 0.15) is 60.7 Å². The minimum atomic E-state index is -0.0771. The van der Waals surface area contributed by atoms with E-state index in [0.29, 0.717) is 11.5 Å². The summed E-state index contributed by atoms with van der Waals surface area (Å²) >= 11 is 0. The number of pyridine rings is 1. The van der Waals surface area contributed by atoms with E-state index in [4.69, 9.17) is 0 Å². The second kappa shape index (κ2) is 11.3. The van der Waals surface area contributed by atoms with Gasteiger partial charge in [0.2, 0.25) is 11.6 Å². The Labute approximate surface area is 223 Å². The van der Waals surface area contributed by atoms with E-state index in [2.05, 4.69) is 62.4 Å². The summed E-state index contributed by atoms with van der Waals surface area (Å²) in [6.45, 7) is 12.2. The third kappa shape index (κ3) is 5.99. The van der Waals surface area contributed by atoms with Crippen LogP contribution in [0.2, 0.25) is 0 Å². The fraction of sp³-hybridized carbons (Fsp3) is 0.414. The molecule has 9 heteroatoms. The van der Waals surface area contributed by atoms with Crippen LogP contribution in [-0.2, 0) is 24.3 Å². The van der Waals surface area contributed by atoms with Gasteiger partial charge in [-0.1, -0.05) is 6.07 Å². The number of nitrogens with one attached hydrogen (secondary N) is 2. The van der Waals surface area contributed by atoms with Crippen LogP contribution < -0.4 is 10.6 Å². The minimum absolute atomic E-state index is 0.0428. The molecule has 1 aromatic carbocycles. The summed E-state index contributed by atoms with van der Waals surface area (Å²) in [5.74, 6) is 0.585. The zero-order valence-electron chi connectivity index (χ0n) is 22.7. The van der Waals surface area contributed by atoms with Gasteiger partial charge in [-0.25, -0.2) is 9.97 Å². The maximum Gasteiger partial charge on any atom is 0.230 e. The van der Waals surface area contributed by atoms with Crippen LogP contribution in [0.25, 0.3) is 11.2 Å². The van der Waals surface area contributed by atoms with Gasteiger partial charge in [0, 0.05) is 30.7 Å². The minimum Gasteiger partial charge on any atom is -0.362 e. The van der Waals surface area contributed by atoms with E-state index >= 15 is 0 Å². The molecule has 1 saturated heterocycles. The molecule has 3 aromatic heterocycles. The summed E-state index contributed by atoms with van der Waals surface area (Å²) in [7, 11) is 0. The molecule has 0 saturated carbocycles. The molecule has 0 unspecified atom stereocenters. The van der Waals surface area contributed by atoms with Crippen molar-refractivity contribution in [3.8, 4) is 0 Å². The molecule has 1 aliphatic heterocycles. The number of aromatic nitrogens is 5. The highest BCUT2D eigenvalue weighted by atomic mass is 16.1. The molecule has 5 rings (SSSR count). The molecule has 0 radical (unpaired) electrons. The zero-order chi connectivity index (χ0) is 26.6. The lowest BCUT2D eigenvalue weighted by atomic mass is 10.0. The number of likely N-dealkylation sites (tertiary alicyclic amines) is 1. The number of benzene rings is 1. The first-order chi connectivity index (χ1) is 18.4. The van der Waals surface area contributed by atoms with Gasteiger partial charge in [0.05, 0.1) is 24.9 Å². The molecule has 38 heavy (non-hydrogen) atoms. The third-order valence-corrected chi connectivity index (χ3v) is 7.20. The van der Waals surface area contributed by atoms with Gasteiger partial charge in [0.15, 0.2) is 0 Å². The van der Waals surface area contributed by atoms with Gasteiger partial charge in [0.25, 0.3) is 0 Å². The molecule has 0 spiro atoms. The first-order valence-electron chi connectivity index (χ1n) is 13.4. The Bertz CT molecular complexity index is 1440. The van der Waals surface area contributed by atoms with E-state index in [1.807, 2.05) is 42.2 Å². The first-order valence-corrected chi connectivity index (χ1v) is 13.4. The molecule has 198 valence electrons. The maximum atomic E-state index is 12.9. The Kier molecular flexibility index (Phi) is 7.64. The van der Waals surface area contributed by atoms with Crippen molar-refractivity contribution in [2.24, 2.45) is 0 Å². The molecule has 1 amide bonds. The molecule has 9 nitrogen and oxygen atoms in total. The summed E-state index contributed by atoms with van der Waals surface area (Å²) in [5.41, 5.74) is 7.58. The number of hydrogen-bond donors (Lipinski definition) is 2. The fourth-order valence-electron chi connectivity index (χ4n) is 4.99. The van der Waals surface area contributed by atoms with Crippen LogP contribution in [0, 0.1) is 13.8 Å². The quantitative estimate of drug-likeness (QED) is 0.332. The van der Waals surface area contributed by atoms with Gasteiger partial charge in [-0.3, -0.25) is 19.4 Å². The lowest BCUT2D eigenvalue weighted by Gasteiger charge is -2.18. The maximum absolute atomic E-state index is 12.9. The van der Waals surface area contributed by atoms with Crippen molar-refractivity contribution in [1.82, 2.24) is 29.6 Å². The highest BCUT2D eigenvalue weighted by molar-refractivity contribution is 5.92. The highest BCUT2D eigenvalue weighted by Crippen LogP contribution is 2.25. The second-order valence-corrected chi connectivity index (χ2v) is 10.2. The summed E-state index contributed by atoms with van der Waals surface area (Å²) < 4.78 is 1.83. The number of hydrogen-bond acceptors (Lipinski definition) is 7. The molecule has 1 aliphatic rings. The lowest BCUT2D eigenvalue weighted by molar-refractivity contribution is -0.115. The molecular weight excluding hydrogens is 476 g/mol. The Balaban J connectivity index is 1.24. The number of rotatable bonds is 9. The molecule has 0 bridgehead atoms. The van der Waals surface area contributed by atoms with E-state index < -0.39 is 0 Å². The average Bonchev–Trinajstić information content (AvgIpc) is 3.56. The van der Waals surface area contributed by atoms with Crippen LogP contribution >= 0.6 is 0 Å². The van der Waals surface area contributed by atoms with E-state index in [9.17, 15) is 4.79 Å². The van der Waals surface area contributed by atoms with Gasteiger partial charge in [0.1, 0.15) is 11.3 Å². The number of carbonyl (C=O) groups excluding carboxylic acids is 1. The number of aryl methyl sites for hydroxylation is 3. The van der Waals surface area contributed by atoms with Crippen molar-refractivity contribution < 1.29 is 4.79 Å². The van der Waals surface area contributed by atoms with E-state index in [0.717, 1.165) is 54.2 Å². The predicted molar refractivity (Wildman–Crippen MR) is 150 cm³/mol. The monoisotopic (exact) mass is 512 g/mol. The van der Waals surface area contributed by atoms with Crippen molar-refractivity contribution >= 4 is 28.6 Å². The van der Waals surface area contributed by atoms with Gasteiger partial charge in [-0.15, -0.1) is 0 Å². The lowest BCUT2D eigenvalue weighted by Crippen LogP contribution is -2.20. The summed E-state index contributed by atoms with van der Waals surface area (Å²) in [4.78, 5) is 29.0. The topological polar surface area (TPSA) is 101 Å². The van der Waals surface area contributed by atoms with Crippen LogP contribution in [0.15, 0.2) is 42.9 Å². The SMILES string of the molecule is CCn1cc2ncc(N[C@@H](C)c3cc(NC(=O)Cc4cc(CN5CCCC5)c(C)cn4)ccc3C)nc2n1. The Hall–Kier alpha value is -3.85. The normalized spacial score (nSPS) is 14.6. The molecule has 1 atom stereocenters. The smallest absolute Gasteiger partial charge is 0.230 e. The molecule has 1 fully saturated rings. The first kappa shape index (κ1) is 25.8. The molecule has 0 aliphatic carbocycles. The molecule has 2 N–H and O–H groups in total. The molecule has 4 heterocycles. The van der Waals surface area contributed by atoms with Crippen molar-refractivity contribution in [2.45, 2.75) is 66.1 Å². The van der Waals surface area contributed by atoms with Gasteiger partial charge in [-0.2, -0.15) is 5.10 Å². The fourth-order valence-corrected chi connectivity index (χ4v) is 4.99. The van der Waals surface area contributed by atoms with Crippen LogP contribution in [0.5, 0.6) is 0 Å². The largest absolute Gasteiger partial charge is 0.362 e. The summed E-state index contributed by atoms with van der Waals surface area (Å²) in [6.07, 6.45) is 8.28. The number of carbonyl (C=O) groups is 1. The van der Waals surface area contributed by atoms with Crippen molar-refractivity contribution in [3.63, 3.8) is 0 Å². The molecule has 4 aromatic rings. The van der Waals surface area contributed by atoms with Crippen LogP contribution in [0.3, 0.4) is 0 Å². The van der Waals surface area contributed by atoms with Crippen LogP contribution in [-0.4, -0.2) is 48.6 Å². The Morgan fingerprint density at radius 1 is 1.08 bits per heavy atom. The van der Waals surface area contributed by atoms with E-state index in [1.54, 1.807) is 6.20 Å². The summed E-state index contributed by atoms with van der Waals surface area (Å²) in [5, 5.41) is 10.9. The number of anilines is 2. The highest BCUT2D eigenvalue weighted by Gasteiger charge is 2.16. The Morgan fingerprint density at radius 2 is 1.89 bits per heavy atom. The van der Waals surface area contributed by atoms with Crippen molar-refractivity contribution in [2.75, 3.05) is 23.7 Å². The van der Waals surface area contributed by atoms with E-state index in [-0.39, 0.29) is 18.4 Å². The molecular formula is C29H36N8O. The summed E-state index contributed by atoms with van der Waals surface area (Å²) in [6, 6.07) is 8.03. The standard InChI is InChI=1S/C29H36N8O/c1-5-37-18-26-29(35-37)34-27(16-31-26)32-21(4)25-13-23(9-8-19(25)2)33-28(38)14-24-12-22(20(3)15-30-24)17-36-10-6-7-11-36/h8-9,12-13,15-16,18,21H,5-7,10-11,14,17H2,1-4H3,(H,33,38)(H,32,34,35)/t21-/m0/s1. The predicted octanol–water partition coefficient (Wildman–Crippen LogP) is 4.81. The van der Waals surface area contributed by atoms with Crippen LogP contribution in [0.4, 0.5) is 11.5 Å². The Morgan fingerprint density at radius 3 is 2.68 bits per heavy atom. The van der Waals surface area contributed by atoms with E-state index in [1.165, 1.54) is 24.0 Å².